The number of likely N-dealkylation sites (tertiary alicyclic amines) is 1. The van der Waals surface area contributed by atoms with Gasteiger partial charge in [0.2, 0.25) is 11.8 Å². The van der Waals surface area contributed by atoms with Crippen LogP contribution in [0.3, 0.4) is 0 Å². The first kappa shape index (κ1) is 19.1. The lowest BCUT2D eigenvalue weighted by Gasteiger charge is -2.32. The summed E-state index contributed by atoms with van der Waals surface area (Å²) < 4.78 is 5.06. The van der Waals surface area contributed by atoms with Gasteiger partial charge < -0.3 is 14.7 Å². The van der Waals surface area contributed by atoms with Crippen molar-refractivity contribution in [3.8, 4) is 0 Å². The molecule has 0 aliphatic carbocycles. The van der Waals surface area contributed by atoms with Gasteiger partial charge in [-0.15, -0.1) is 0 Å². The molecule has 1 aliphatic rings. The Labute approximate surface area is 159 Å². The van der Waals surface area contributed by atoms with Crippen molar-refractivity contribution in [3.63, 3.8) is 0 Å². The monoisotopic (exact) mass is 370 g/mol. The smallest absolute Gasteiger partial charge is 0.251 e. The van der Waals surface area contributed by atoms with Gasteiger partial charge in [0.1, 0.15) is 0 Å². The second-order valence-corrected chi connectivity index (χ2v) is 7.03. The van der Waals surface area contributed by atoms with Crippen LogP contribution >= 0.6 is 0 Å². The molecule has 2 aromatic rings. The molecule has 1 fully saturated rings. The van der Waals surface area contributed by atoms with Gasteiger partial charge in [0.15, 0.2) is 5.82 Å². The molecule has 7 heteroatoms. The van der Waals surface area contributed by atoms with E-state index >= 15 is 0 Å². The number of aryl methyl sites for hydroxylation is 3. The largest absolute Gasteiger partial charge is 0.349 e. The second-order valence-electron chi connectivity index (χ2n) is 7.03. The van der Waals surface area contributed by atoms with Crippen LogP contribution in [0.5, 0.6) is 0 Å². The number of aromatic nitrogens is 2. The van der Waals surface area contributed by atoms with Gasteiger partial charge >= 0.3 is 0 Å². The lowest BCUT2D eigenvalue weighted by atomic mass is 10.0. The van der Waals surface area contributed by atoms with Gasteiger partial charge in [0.25, 0.3) is 5.91 Å². The third kappa shape index (κ3) is 5.15. The van der Waals surface area contributed by atoms with Crippen LogP contribution < -0.4 is 5.32 Å². The topological polar surface area (TPSA) is 88.3 Å². The van der Waals surface area contributed by atoms with Crippen molar-refractivity contribution in [1.29, 1.82) is 0 Å². The van der Waals surface area contributed by atoms with Gasteiger partial charge in [-0.2, -0.15) is 4.98 Å². The van der Waals surface area contributed by atoms with E-state index in [0.717, 1.165) is 18.4 Å². The van der Waals surface area contributed by atoms with Crippen LogP contribution in [-0.2, 0) is 11.2 Å². The van der Waals surface area contributed by atoms with Crippen LogP contribution in [0.25, 0.3) is 0 Å². The summed E-state index contributed by atoms with van der Waals surface area (Å²) in [6.45, 7) is 5.07. The minimum atomic E-state index is -0.0345. The fraction of sp³-hybridized carbons (Fsp3) is 0.500. The third-order valence-electron chi connectivity index (χ3n) is 4.92. The molecule has 1 N–H and O–H groups in total. The average Bonchev–Trinajstić information content (AvgIpc) is 3.07. The lowest BCUT2D eigenvalue weighted by molar-refractivity contribution is -0.132. The Bertz CT molecular complexity index is 794. The van der Waals surface area contributed by atoms with Crippen LogP contribution in [0.1, 0.15) is 53.3 Å². The molecule has 1 aliphatic heterocycles. The molecule has 0 bridgehead atoms. The number of hydrogen-bond donors (Lipinski definition) is 1. The summed E-state index contributed by atoms with van der Waals surface area (Å²) in [6, 6.07) is 7.69. The van der Waals surface area contributed by atoms with Crippen LogP contribution in [0.15, 0.2) is 28.8 Å². The normalized spacial score (nSPS) is 15.0. The Morgan fingerprint density at radius 3 is 2.63 bits per heavy atom. The average molecular weight is 370 g/mol. The standard InChI is InChI=1S/C20H26N4O3/c1-14-6-3-4-7-17(14)20(26)22-16-10-12-24(13-11-16)19(25)9-5-8-18-21-15(2)23-27-18/h3-4,6-7,16H,5,8-13H2,1-2H3,(H,22,26). The SMILES string of the molecule is Cc1noc(CCCC(=O)N2CCC(NC(=O)c3ccccc3C)CC2)n1. The molecule has 0 atom stereocenters. The number of hydrogen-bond acceptors (Lipinski definition) is 5. The van der Waals surface area contributed by atoms with E-state index in [1.807, 2.05) is 36.1 Å². The Morgan fingerprint density at radius 2 is 1.96 bits per heavy atom. The summed E-state index contributed by atoms with van der Waals surface area (Å²) in [4.78, 5) is 30.8. The van der Waals surface area contributed by atoms with Gasteiger partial charge in [-0.05, 0) is 44.7 Å². The molecular formula is C20H26N4O3. The summed E-state index contributed by atoms with van der Waals surface area (Å²) in [5, 5.41) is 6.85. The molecule has 27 heavy (non-hydrogen) atoms. The van der Waals surface area contributed by atoms with E-state index in [4.69, 9.17) is 4.52 Å². The molecule has 144 valence electrons. The van der Waals surface area contributed by atoms with Crippen molar-refractivity contribution >= 4 is 11.8 Å². The quantitative estimate of drug-likeness (QED) is 0.844. The molecule has 1 saturated heterocycles. The molecular weight excluding hydrogens is 344 g/mol. The van der Waals surface area contributed by atoms with Gasteiger partial charge in [0.05, 0.1) is 0 Å². The molecule has 2 heterocycles. The number of benzene rings is 1. The van der Waals surface area contributed by atoms with Crippen LogP contribution in [0.4, 0.5) is 0 Å². The second kappa shape index (κ2) is 8.79. The summed E-state index contributed by atoms with van der Waals surface area (Å²) in [6.07, 6.45) is 3.36. The van der Waals surface area contributed by atoms with Gasteiger partial charge in [0, 0.05) is 37.5 Å². The zero-order valence-electron chi connectivity index (χ0n) is 15.9. The minimum absolute atomic E-state index is 0.0345. The van der Waals surface area contributed by atoms with Crippen molar-refractivity contribution in [2.24, 2.45) is 0 Å². The maximum Gasteiger partial charge on any atom is 0.251 e. The number of carbonyl (C=O) groups is 2. The molecule has 7 nitrogen and oxygen atoms in total. The van der Waals surface area contributed by atoms with Crippen LogP contribution in [0.2, 0.25) is 0 Å². The molecule has 0 radical (unpaired) electrons. The number of piperidine rings is 1. The van der Waals surface area contributed by atoms with Crippen molar-refractivity contribution in [2.45, 2.75) is 52.0 Å². The van der Waals surface area contributed by atoms with Crippen LogP contribution in [0, 0.1) is 13.8 Å². The highest BCUT2D eigenvalue weighted by atomic mass is 16.5. The van der Waals surface area contributed by atoms with E-state index in [1.54, 1.807) is 6.92 Å². The maximum absolute atomic E-state index is 12.4. The van der Waals surface area contributed by atoms with Crippen molar-refractivity contribution in [2.75, 3.05) is 13.1 Å². The first-order chi connectivity index (χ1) is 13.0. The van der Waals surface area contributed by atoms with E-state index in [9.17, 15) is 9.59 Å². The number of amides is 2. The van der Waals surface area contributed by atoms with E-state index in [0.29, 0.717) is 49.6 Å². The zero-order valence-corrected chi connectivity index (χ0v) is 15.9. The van der Waals surface area contributed by atoms with Crippen molar-refractivity contribution in [1.82, 2.24) is 20.4 Å². The molecule has 0 unspecified atom stereocenters. The molecule has 3 rings (SSSR count). The van der Waals surface area contributed by atoms with E-state index in [2.05, 4.69) is 15.5 Å². The predicted molar refractivity (Wildman–Crippen MR) is 100 cm³/mol. The highest BCUT2D eigenvalue weighted by molar-refractivity contribution is 5.95. The Morgan fingerprint density at radius 1 is 1.22 bits per heavy atom. The summed E-state index contributed by atoms with van der Waals surface area (Å²) in [7, 11) is 0. The zero-order chi connectivity index (χ0) is 19.2. The molecule has 0 saturated carbocycles. The molecule has 1 aromatic heterocycles. The predicted octanol–water partition coefficient (Wildman–Crippen LogP) is 2.43. The summed E-state index contributed by atoms with van der Waals surface area (Å²) in [5.41, 5.74) is 1.69. The highest BCUT2D eigenvalue weighted by Crippen LogP contribution is 2.15. The van der Waals surface area contributed by atoms with Gasteiger partial charge in [-0.3, -0.25) is 9.59 Å². The van der Waals surface area contributed by atoms with Crippen molar-refractivity contribution in [3.05, 3.63) is 47.1 Å². The Kier molecular flexibility index (Phi) is 6.21. The number of rotatable bonds is 6. The third-order valence-corrected chi connectivity index (χ3v) is 4.92. The summed E-state index contributed by atoms with van der Waals surface area (Å²) >= 11 is 0. The Balaban J connectivity index is 1.39. The number of carbonyl (C=O) groups excluding carboxylic acids is 2. The minimum Gasteiger partial charge on any atom is -0.349 e. The number of nitrogens with zero attached hydrogens (tertiary/aromatic N) is 3. The van der Waals surface area contributed by atoms with E-state index in [-0.39, 0.29) is 17.9 Å². The molecule has 2 amide bonds. The van der Waals surface area contributed by atoms with Gasteiger partial charge in [-0.25, -0.2) is 0 Å². The fourth-order valence-electron chi connectivity index (χ4n) is 3.35. The highest BCUT2D eigenvalue weighted by Gasteiger charge is 2.24. The van der Waals surface area contributed by atoms with E-state index in [1.165, 1.54) is 0 Å². The first-order valence-electron chi connectivity index (χ1n) is 9.46. The molecule has 1 aromatic carbocycles. The molecule has 0 spiro atoms. The van der Waals surface area contributed by atoms with Crippen LogP contribution in [-0.4, -0.2) is 46.0 Å². The first-order valence-corrected chi connectivity index (χ1v) is 9.46. The lowest BCUT2D eigenvalue weighted by Crippen LogP contribution is -2.46. The van der Waals surface area contributed by atoms with Gasteiger partial charge in [-0.1, -0.05) is 23.4 Å². The van der Waals surface area contributed by atoms with E-state index < -0.39 is 0 Å². The number of nitrogens with one attached hydrogen (secondary N) is 1. The summed E-state index contributed by atoms with van der Waals surface area (Å²) in [5.74, 6) is 1.31. The fourth-order valence-corrected chi connectivity index (χ4v) is 3.35. The maximum atomic E-state index is 12.4. The Hall–Kier alpha value is -2.70. The van der Waals surface area contributed by atoms with Crippen molar-refractivity contribution < 1.29 is 14.1 Å².